The number of benzene rings is 3. The van der Waals surface area contributed by atoms with Gasteiger partial charge in [-0.05, 0) is 66.3 Å². The van der Waals surface area contributed by atoms with Gasteiger partial charge in [-0.25, -0.2) is 0 Å². The van der Waals surface area contributed by atoms with E-state index in [4.69, 9.17) is 0 Å². The van der Waals surface area contributed by atoms with Gasteiger partial charge in [-0.15, -0.1) is 0 Å². The van der Waals surface area contributed by atoms with Crippen LogP contribution in [0.2, 0.25) is 0 Å². The van der Waals surface area contributed by atoms with Crippen LogP contribution in [-0.2, 0) is 19.0 Å². The van der Waals surface area contributed by atoms with E-state index in [-0.39, 0.29) is 6.04 Å². The van der Waals surface area contributed by atoms with Gasteiger partial charge in [0.05, 0.1) is 5.56 Å². The minimum atomic E-state index is -4.29. The van der Waals surface area contributed by atoms with Crippen LogP contribution in [0.25, 0.3) is 10.8 Å². The van der Waals surface area contributed by atoms with E-state index in [1.54, 1.807) is 6.07 Å². The number of aryl methyl sites for hydroxylation is 2. The van der Waals surface area contributed by atoms with E-state index in [1.165, 1.54) is 22.4 Å². The normalized spacial score (nSPS) is 13.0. The summed E-state index contributed by atoms with van der Waals surface area (Å²) in [5.74, 6) is 0. The third kappa shape index (κ3) is 5.39. The molecule has 154 valence electrons. The minimum absolute atomic E-state index is 0.179. The molecule has 3 aromatic rings. The SMILES string of the molecule is CCCc1ccc(CCCN[C@H](C)c2cccc3ccccc23)cc1C(F)(F)F. The van der Waals surface area contributed by atoms with Crippen LogP contribution in [-0.4, -0.2) is 6.54 Å². The van der Waals surface area contributed by atoms with Gasteiger partial charge in [0, 0.05) is 6.04 Å². The van der Waals surface area contributed by atoms with Crippen molar-refractivity contribution in [2.24, 2.45) is 0 Å². The fraction of sp³-hybridized carbons (Fsp3) is 0.360. The van der Waals surface area contributed by atoms with E-state index in [2.05, 4.69) is 42.6 Å². The van der Waals surface area contributed by atoms with Crippen molar-refractivity contribution >= 4 is 10.8 Å². The zero-order valence-corrected chi connectivity index (χ0v) is 17.0. The summed E-state index contributed by atoms with van der Waals surface area (Å²) >= 11 is 0. The Kier molecular flexibility index (Phi) is 6.96. The topological polar surface area (TPSA) is 12.0 Å². The molecule has 0 aliphatic rings. The quantitative estimate of drug-likeness (QED) is 0.399. The Morgan fingerprint density at radius 2 is 1.69 bits per heavy atom. The van der Waals surface area contributed by atoms with E-state index in [0.29, 0.717) is 24.8 Å². The smallest absolute Gasteiger partial charge is 0.310 e. The molecule has 0 aromatic heterocycles. The van der Waals surface area contributed by atoms with E-state index in [9.17, 15) is 13.2 Å². The molecule has 0 bridgehead atoms. The fourth-order valence-electron chi connectivity index (χ4n) is 3.88. The average molecular weight is 400 g/mol. The lowest BCUT2D eigenvalue weighted by Crippen LogP contribution is -2.20. The molecule has 0 heterocycles. The molecule has 29 heavy (non-hydrogen) atoms. The van der Waals surface area contributed by atoms with E-state index >= 15 is 0 Å². The molecule has 3 rings (SSSR count). The Morgan fingerprint density at radius 1 is 0.931 bits per heavy atom. The Bertz CT molecular complexity index is 941. The Balaban J connectivity index is 1.60. The zero-order chi connectivity index (χ0) is 20.9. The molecule has 0 radical (unpaired) electrons. The van der Waals surface area contributed by atoms with Gasteiger partial charge in [-0.2, -0.15) is 13.2 Å². The monoisotopic (exact) mass is 399 g/mol. The summed E-state index contributed by atoms with van der Waals surface area (Å²) < 4.78 is 40.0. The van der Waals surface area contributed by atoms with Crippen LogP contribution < -0.4 is 5.32 Å². The lowest BCUT2D eigenvalue weighted by atomic mass is 9.97. The number of rotatable bonds is 8. The van der Waals surface area contributed by atoms with Crippen LogP contribution >= 0.6 is 0 Å². The first-order chi connectivity index (χ1) is 13.9. The number of hydrogen-bond acceptors (Lipinski definition) is 1. The molecule has 4 heteroatoms. The van der Waals surface area contributed by atoms with Gasteiger partial charge in [0.15, 0.2) is 0 Å². The van der Waals surface area contributed by atoms with Gasteiger partial charge in [0.2, 0.25) is 0 Å². The predicted octanol–water partition coefficient (Wildman–Crippen LogP) is 7.09. The van der Waals surface area contributed by atoms with Crippen molar-refractivity contribution in [2.75, 3.05) is 6.54 Å². The minimum Gasteiger partial charge on any atom is -0.310 e. The lowest BCUT2D eigenvalue weighted by molar-refractivity contribution is -0.138. The van der Waals surface area contributed by atoms with Crippen molar-refractivity contribution in [3.8, 4) is 0 Å². The van der Waals surface area contributed by atoms with Crippen LogP contribution in [0.15, 0.2) is 60.7 Å². The van der Waals surface area contributed by atoms with Gasteiger partial charge in [0.1, 0.15) is 0 Å². The molecule has 0 saturated heterocycles. The predicted molar refractivity (Wildman–Crippen MR) is 114 cm³/mol. The molecule has 0 aliphatic carbocycles. The fourth-order valence-corrected chi connectivity index (χ4v) is 3.88. The van der Waals surface area contributed by atoms with E-state index in [1.807, 2.05) is 25.1 Å². The van der Waals surface area contributed by atoms with Crippen LogP contribution in [0, 0.1) is 0 Å². The molecule has 0 fully saturated rings. The maximum absolute atomic E-state index is 13.3. The Hall–Kier alpha value is -2.33. The van der Waals surface area contributed by atoms with Crippen molar-refractivity contribution in [1.82, 2.24) is 5.32 Å². The van der Waals surface area contributed by atoms with Crippen molar-refractivity contribution in [3.63, 3.8) is 0 Å². The first-order valence-electron chi connectivity index (χ1n) is 10.3. The summed E-state index contributed by atoms with van der Waals surface area (Å²) in [6.45, 7) is 4.78. The van der Waals surface area contributed by atoms with Crippen LogP contribution in [0.1, 0.15) is 55.0 Å². The summed E-state index contributed by atoms with van der Waals surface area (Å²) in [5, 5.41) is 5.96. The summed E-state index contributed by atoms with van der Waals surface area (Å²) in [5.41, 5.74) is 1.91. The number of nitrogens with one attached hydrogen (secondary N) is 1. The number of fused-ring (bicyclic) bond motifs is 1. The van der Waals surface area contributed by atoms with Gasteiger partial charge >= 0.3 is 6.18 Å². The standard InChI is InChI=1S/C25H28F3N/c1-3-8-21-15-14-19(17-24(21)25(26,27)28)9-7-16-29-18(2)22-13-6-11-20-10-4-5-12-23(20)22/h4-6,10-15,17-18,29H,3,7-9,16H2,1-2H3/t18-/m1/s1. The summed E-state index contributed by atoms with van der Waals surface area (Å²) in [6.07, 6.45) is -1.70. The third-order valence-electron chi connectivity index (χ3n) is 5.38. The third-order valence-corrected chi connectivity index (χ3v) is 5.38. The molecule has 1 atom stereocenters. The second kappa shape index (κ2) is 9.45. The van der Waals surface area contributed by atoms with Crippen LogP contribution in [0.3, 0.4) is 0 Å². The van der Waals surface area contributed by atoms with E-state index < -0.39 is 11.7 Å². The first kappa shape index (κ1) is 21.4. The van der Waals surface area contributed by atoms with Crippen LogP contribution in [0.4, 0.5) is 13.2 Å². The summed E-state index contributed by atoms with van der Waals surface area (Å²) in [7, 11) is 0. The Morgan fingerprint density at radius 3 is 2.45 bits per heavy atom. The maximum atomic E-state index is 13.3. The van der Waals surface area contributed by atoms with Gasteiger partial charge < -0.3 is 5.32 Å². The highest BCUT2D eigenvalue weighted by Crippen LogP contribution is 2.33. The van der Waals surface area contributed by atoms with Crippen molar-refractivity contribution in [3.05, 3.63) is 82.9 Å². The molecule has 0 saturated carbocycles. The summed E-state index contributed by atoms with van der Waals surface area (Å²) in [4.78, 5) is 0. The molecule has 0 aliphatic heterocycles. The highest BCUT2D eigenvalue weighted by molar-refractivity contribution is 5.86. The second-order valence-corrected chi connectivity index (χ2v) is 7.59. The number of alkyl halides is 3. The largest absolute Gasteiger partial charge is 0.416 e. The molecule has 1 nitrogen and oxygen atoms in total. The lowest BCUT2D eigenvalue weighted by Gasteiger charge is -2.17. The molecular formula is C25H28F3N. The van der Waals surface area contributed by atoms with E-state index in [0.717, 1.165) is 18.5 Å². The molecule has 0 spiro atoms. The van der Waals surface area contributed by atoms with Crippen molar-refractivity contribution in [2.45, 2.75) is 51.7 Å². The van der Waals surface area contributed by atoms with Gasteiger partial charge in [-0.3, -0.25) is 0 Å². The second-order valence-electron chi connectivity index (χ2n) is 7.59. The van der Waals surface area contributed by atoms with Gasteiger partial charge in [-0.1, -0.05) is 67.9 Å². The highest BCUT2D eigenvalue weighted by atomic mass is 19.4. The van der Waals surface area contributed by atoms with Crippen molar-refractivity contribution < 1.29 is 13.2 Å². The van der Waals surface area contributed by atoms with Crippen LogP contribution in [0.5, 0.6) is 0 Å². The molecule has 3 aromatic carbocycles. The first-order valence-corrected chi connectivity index (χ1v) is 10.3. The molecular weight excluding hydrogens is 371 g/mol. The highest BCUT2D eigenvalue weighted by Gasteiger charge is 2.33. The molecule has 0 amide bonds. The number of hydrogen-bond donors (Lipinski definition) is 1. The number of halogens is 3. The van der Waals surface area contributed by atoms with Gasteiger partial charge in [0.25, 0.3) is 0 Å². The zero-order valence-electron chi connectivity index (χ0n) is 17.0. The average Bonchev–Trinajstić information content (AvgIpc) is 2.71. The maximum Gasteiger partial charge on any atom is 0.416 e. The summed E-state index contributed by atoms with van der Waals surface area (Å²) in [6, 6.07) is 19.6. The van der Waals surface area contributed by atoms with Crippen molar-refractivity contribution in [1.29, 1.82) is 0 Å². The molecule has 1 N–H and O–H groups in total. The molecule has 0 unspecified atom stereocenters. The Labute approximate surface area is 171 Å².